The topological polar surface area (TPSA) is 254 Å². The van der Waals surface area contributed by atoms with Crippen molar-refractivity contribution < 1.29 is 24.0 Å². The molecule has 0 aliphatic rings. The first-order valence-electron chi connectivity index (χ1n) is 45.3. The van der Waals surface area contributed by atoms with Gasteiger partial charge in [0.2, 0.25) is 5.78 Å². The quantitative estimate of drug-likeness (QED) is 0.0657. The average Bonchev–Trinajstić information content (AvgIpc) is 1.63. The Labute approximate surface area is 820 Å². The zero-order valence-corrected chi connectivity index (χ0v) is 83.2. The van der Waals surface area contributed by atoms with Crippen molar-refractivity contribution in [3.63, 3.8) is 0 Å². The molecule has 0 radical (unpaired) electrons. The van der Waals surface area contributed by atoms with Crippen LogP contribution in [0.15, 0.2) is 266 Å². The first-order valence-corrected chi connectivity index (χ1v) is 47.7. The van der Waals surface area contributed by atoms with Crippen LogP contribution in [0, 0.1) is 83.1 Å². The van der Waals surface area contributed by atoms with Gasteiger partial charge in [-0.2, -0.15) is 14.6 Å². The number of aryl methyl sites for hydroxylation is 15. The lowest BCUT2D eigenvalue weighted by Crippen LogP contribution is -2.14. The Balaban J connectivity index is 0.000000119. The highest BCUT2D eigenvalue weighted by atomic mass is 79.9. The summed E-state index contributed by atoms with van der Waals surface area (Å²) in [6, 6.07) is 73.1. The van der Waals surface area contributed by atoms with E-state index in [9.17, 15) is 24.0 Å². The summed E-state index contributed by atoms with van der Waals surface area (Å²) in [6.45, 7) is 26.9. The third-order valence-electron chi connectivity index (χ3n) is 24.4. The summed E-state index contributed by atoms with van der Waals surface area (Å²) in [7, 11) is 3.79. The number of nitrogens with one attached hydrogen (secondary N) is 1. The predicted molar refractivity (Wildman–Crippen MR) is 553 cm³/mol. The Bertz CT molecular complexity index is 8220. The van der Waals surface area contributed by atoms with Crippen LogP contribution < -0.4 is 0 Å². The molecule has 0 bridgehead atoms. The van der Waals surface area contributed by atoms with Gasteiger partial charge >= 0.3 is 0 Å². The van der Waals surface area contributed by atoms with Gasteiger partial charge in [0, 0.05) is 108 Å². The normalized spacial score (nSPS) is 11.3. The number of hydrogen-bond acceptors (Lipinski definition) is 15. The first-order chi connectivity index (χ1) is 66.4. The zero-order valence-electron chi connectivity index (χ0n) is 79.3. The molecule has 138 heavy (non-hydrogen) atoms. The number of aromatic nitrogens is 18. The molecule has 1 N–H and O–H groups in total. The number of Topliss-reactive ketones (excluding diaryl/α,β-unsaturated/α-hetero) is 5. The molecule has 0 amide bonds. The molecule has 15 heterocycles. The molecule has 21 aromatic rings. The molecule has 0 fully saturated rings. The molecule has 0 unspecified atom stereocenters. The number of aromatic amines is 1. The van der Waals surface area contributed by atoms with Gasteiger partial charge < -0.3 is 31.1 Å². The Hall–Kier alpha value is -15.0. The Morgan fingerprint density at radius 1 is 0.399 bits per heavy atom. The molecule has 0 atom stereocenters. The lowest BCUT2D eigenvalue weighted by Gasteiger charge is -2.08. The molecule has 0 aliphatic carbocycles. The summed E-state index contributed by atoms with van der Waals surface area (Å²) in [5.74, 6) is 0.351. The van der Waals surface area contributed by atoms with E-state index in [1.54, 1.807) is 27.7 Å². The number of benzene rings is 6. The van der Waals surface area contributed by atoms with Gasteiger partial charge in [-0.05, 0) is 194 Å². The number of fused-ring (bicyclic) bond motifs is 6. The molecule has 6 aromatic carbocycles. The molecule has 0 saturated carbocycles. The van der Waals surface area contributed by atoms with Crippen LogP contribution in [-0.2, 0) is 52.7 Å². The van der Waals surface area contributed by atoms with Crippen molar-refractivity contribution in [2.24, 2.45) is 14.1 Å². The molecule has 0 spiro atoms. The standard InChI is InChI=1S/C26H23N3O.C23H23BrN4O.2C21H20N4O.C20H15Cl2N3OS/c1-17-8-11-19(12-9-17)26-23(29-16-18(2)10-13-25(29)27-26)15-24(30)22-14-20-6-4-5-7-21(20)28(22)3;1-5-28-23(21(24)16(4)26-28)19(29)12-18-22(17-9-6-14(2)7-10-17)25-20-11-8-15(3)13-27(18)20;1-13-4-7-16(8-5-13)21-18(11-19(26)17-10-15(3)23-24-17)25-12-14(2)6-9-20(25)22-21;1-14-4-7-16(8-5-14)20-17(12-18(26)21-22-10-11-24(21)3)25-13-15(2)6-9-19(25)23-20;1-11-3-6-13(7-4-11)18-14(25-10-12(2)5-8-16(25)23-18)9-15(26)19-17(21)20(22)27-24-19/h4-14,16H,15H2,1-3H3;6-11,13H,5,12H2,1-4H3;4-10,12H,11H2,1-3H3,(H,23,24);4-11,13H,12H2,1-3H3;3-8,10H,9H2,1-2H3. The van der Waals surface area contributed by atoms with Crippen LogP contribution in [0.25, 0.3) is 95.4 Å². The highest BCUT2D eigenvalue weighted by Crippen LogP contribution is 2.37. The van der Waals surface area contributed by atoms with E-state index in [-0.39, 0.29) is 71.7 Å². The molecular formula is C111H101BrCl2N18O5S. The maximum Gasteiger partial charge on any atom is 0.204 e. The smallest absolute Gasteiger partial charge is 0.204 e. The minimum Gasteiger partial charge on any atom is -0.341 e. The van der Waals surface area contributed by atoms with Crippen molar-refractivity contribution in [3.05, 3.63) is 400 Å². The maximum atomic E-state index is 13.4. The number of halogens is 3. The molecule has 21 rings (SSSR count). The molecular weight excluding hydrogens is 1850 g/mol. The van der Waals surface area contributed by atoms with Gasteiger partial charge in [0.1, 0.15) is 54.7 Å². The first kappa shape index (κ1) is 94.7. The fraction of sp³-hybridized carbons (Fsp3) is 0.189. The van der Waals surface area contributed by atoms with Gasteiger partial charge in [-0.25, -0.2) is 29.9 Å². The van der Waals surface area contributed by atoms with Crippen LogP contribution in [0.4, 0.5) is 0 Å². The Morgan fingerprint density at radius 2 is 0.739 bits per heavy atom. The number of pyridine rings is 5. The minimum atomic E-state index is -0.181. The number of H-pyrrole nitrogens is 1. The maximum absolute atomic E-state index is 13.4. The zero-order chi connectivity index (χ0) is 97.2. The summed E-state index contributed by atoms with van der Waals surface area (Å²) in [5, 5.41) is 12.7. The van der Waals surface area contributed by atoms with E-state index in [1.165, 1.54) is 27.8 Å². The highest BCUT2D eigenvalue weighted by Gasteiger charge is 2.29. The molecule has 0 aliphatic heterocycles. The fourth-order valence-electron chi connectivity index (χ4n) is 17.0. The summed E-state index contributed by atoms with van der Waals surface area (Å²) in [4.78, 5) is 93.5. The predicted octanol–water partition coefficient (Wildman–Crippen LogP) is 24.5. The van der Waals surface area contributed by atoms with Crippen molar-refractivity contribution in [2.75, 3.05) is 0 Å². The molecule has 23 nitrogen and oxygen atoms in total. The number of rotatable bonds is 21. The van der Waals surface area contributed by atoms with Crippen LogP contribution in [0.3, 0.4) is 0 Å². The monoisotopic (exact) mass is 1950 g/mol. The van der Waals surface area contributed by atoms with E-state index in [0.717, 1.165) is 179 Å². The van der Waals surface area contributed by atoms with Crippen molar-refractivity contribution in [1.29, 1.82) is 0 Å². The van der Waals surface area contributed by atoms with Crippen LogP contribution in [-0.4, -0.2) is 114 Å². The van der Waals surface area contributed by atoms with Crippen molar-refractivity contribution in [2.45, 2.75) is 129 Å². The van der Waals surface area contributed by atoms with E-state index in [4.69, 9.17) is 48.1 Å². The number of para-hydroxylation sites is 1. The highest BCUT2D eigenvalue weighted by molar-refractivity contribution is 9.10. The fourth-order valence-corrected chi connectivity index (χ4v) is 18.5. The summed E-state index contributed by atoms with van der Waals surface area (Å²) < 4.78 is 20.8. The summed E-state index contributed by atoms with van der Waals surface area (Å²) in [5.41, 5.74) is 34.1. The number of imidazole rings is 6. The lowest BCUT2D eigenvalue weighted by atomic mass is 10.0. The second-order valence-corrected chi connectivity index (χ2v) is 37.7. The van der Waals surface area contributed by atoms with Gasteiger partial charge in [0.25, 0.3) is 0 Å². The van der Waals surface area contributed by atoms with E-state index >= 15 is 0 Å². The third-order valence-corrected chi connectivity index (χ3v) is 26.9. The van der Waals surface area contributed by atoms with Gasteiger partial charge in [-0.15, -0.1) is 0 Å². The largest absolute Gasteiger partial charge is 0.341 e. The van der Waals surface area contributed by atoms with Crippen LogP contribution in [0.2, 0.25) is 9.36 Å². The van der Waals surface area contributed by atoms with Crippen LogP contribution >= 0.6 is 50.7 Å². The summed E-state index contributed by atoms with van der Waals surface area (Å²) >= 11 is 16.7. The second kappa shape index (κ2) is 40.5. The molecule has 27 heteroatoms. The van der Waals surface area contributed by atoms with E-state index in [2.05, 4.69) is 189 Å². The van der Waals surface area contributed by atoms with Gasteiger partial charge in [0.15, 0.2) is 29.0 Å². The summed E-state index contributed by atoms with van der Waals surface area (Å²) in [6.07, 6.45) is 14.7. The number of hydrogen-bond donors (Lipinski definition) is 1. The SMILES string of the molecule is CCn1nc(C)c(Br)c1C(=O)Cc1c(-c2ccc(C)cc2)nc2ccc(C)cn12.Cc1ccc(-c2nc3ccc(C)cn3c2CC(=O)c2cc(C)[nH]n2)cc1.Cc1ccc(-c2nc3ccc(C)cn3c2CC(=O)c2cc3ccccc3n2C)cc1.Cc1ccc(-c2nc3ccc(C)cn3c2CC(=O)c2nccn2C)cc1.Cc1ccc(-c2nc3ccc(C)cn3c2CC(=O)c2nsc(Cl)c2Cl)cc1. The van der Waals surface area contributed by atoms with E-state index in [1.807, 2.05) is 226 Å². The van der Waals surface area contributed by atoms with Crippen LogP contribution in [0.5, 0.6) is 0 Å². The van der Waals surface area contributed by atoms with Gasteiger partial charge in [0.05, 0.1) is 105 Å². The lowest BCUT2D eigenvalue weighted by molar-refractivity contribution is 0.0971. The van der Waals surface area contributed by atoms with Gasteiger partial charge in [-0.1, -0.05) is 221 Å². The Morgan fingerprint density at radius 3 is 1.07 bits per heavy atom. The molecule has 0 saturated heterocycles. The van der Waals surface area contributed by atoms with Gasteiger partial charge in [-0.3, -0.25) is 33.8 Å². The van der Waals surface area contributed by atoms with E-state index in [0.29, 0.717) is 33.8 Å². The van der Waals surface area contributed by atoms with Crippen molar-refractivity contribution >= 4 is 119 Å². The van der Waals surface area contributed by atoms with Crippen molar-refractivity contribution in [3.8, 4) is 56.3 Å². The van der Waals surface area contributed by atoms with Crippen LogP contribution in [0.1, 0.15) is 155 Å². The molecule has 15 aromatic heterocycles. The number of nitrogens with zero attached hydrogens (tertiary/aromatic N) is 17. The third kappa shape index (κ3) is 20.3. The Kier molecular flexibility index (Phi) is 27.8. The second-order valence-electron chi connectivity index (χ2n) is 35.2. The average molecular weight is 1950 g/mol. The number of carbonyl (C=O) groups excluding carboxylic acids is 5. The molecule has 692 valence electrons. The minimum absolute atomic E-state index is 0.0193. The van der Waals surface area contributed by atoms with Crippen molar-refractivity contribution in [1.82, 2.24) is 85.4 Å². The number of carbonyl (C=O) groups is 5. The van der Waals surface area contributed by atoms with E-state index < -0.39 is 0 Å². The number of ketones is 5.